The fourth-order valence-electron chi connectivity index (χ4n) is 4.27. The lowest BCUT2D eigenvalue weighted by atomic mass is 9.97. The van der Waals surface area contributed by atoms with Crippen LogP contribution < -0.4 is 4.74 Å². The molecule has 1 aliphatic rings. The normalized spacial score (nSPS) is 14.3. The highest BCUT2D eigenvalue weighted by Crippen LogP contribution is 2.35. The maximum absolute atomic E-state index is 10.8. The minimum absolute atomic E-state index is 0.200. The van der Waals surface area contributed by atoms with Gasteiger partial charge in [0.15, 0.2) is 0 Å². The zero-order valence-electron chi connectivity index (χ0n) is 16.8. The molecule has 1 fully saturated rings. The first-order chi connectivity index (χ1) is 14.2. The zero-order valence-corrected chi connectivity index (χ0v) is 16.8. The summed E-state index contributed by atoms with van der Waals surface area (Å²) in [5.74, 6) is 0.847. The lowest BCUT2D eigenvalue weighted by Crippen LogP contribution is -2.08. The van der Waals surface area contributed by atoms with Gasteiger partial charge in [-0.25, -0.2) is 0 Å². The summed E-state index contributed by atoms with van der Waals surface area (Å²) in [6.07, 6.45) is 6.76. The summed E-state index contributed by atoms with van der Waals surface area (Å²) in [5.41, 5.74) is 3.40. The van der Waals surface area contributed by atoms with E-state index in [2.05, 4.69) is 60.7 Å². The molecule has 3 aromatic carbocycles. The van der Waals surface area contributed by atoms with E-state index in [1.807, 2.05) is 0 Å². The van der Waals surface area contributed by atoms with E-state index in [0.29, 0.717) is 12.3 Å². The van der Waals surface area contributed by atoms with Crippen LogP contribution in [0.3, 0.4) is 0 Å². The van der Waals surface area contributed by atoms with Gasteiger partial charge < -0.3 is 9.84 Å². The first kappa shape index (κ1) is 19.5. The van der Waals surface area contributed by atoms with Gasteiger partial charge in [0, 0.05) is 12.0 Å². The molecule has 1 saturated carbocycles. The number of aryl methyl sites for hydroxylation is 1. The van der Waals surface area contributed by atoms with E-state index in [-0.39, 0.29) is 6.42 Å². The van der Waals surface area contributed by atoms with Crippen LogP contribution in [-0.4, -0.2) is 17.7 Å². The number of aliphatic carboxylic acids is 1. The third kappa shape index (κ3) is 4.97. The molecule has 150 valence electrons. The maximum atomic E-state index is 10.8. The fourth-order valence-corrected chi connectivity index (χ4v) is 4.27. The predicted octanol–water partition coefficient (Wildman–Crippen LogP) is 6.48. The Morgan fingerprint density at radius 1 is 0.966 bits per heavy atom. The standard InChI is InChI=1S/C26H28O3/c27-26(28)11-5-8-19-12-15-25(29-18-20-6-1-2-7-20)24(16-19)23-14-13-21-9-3-4-10-22(21)17-23/h3-4,9-10,12-17,20H,1-2,5-8,11,18H2,(H,27,28). The number of carboxylic acid groups (broad SMARTS) is 1. The van der Waals surface area contributed by atoms with E-state index < -0.39 is 5.97 Å². The number of hydrogen-bond acceptors (Lipinski definition) is 2. The van der Waals surface area contributed by atoms with Crippen molar-refractivity contribution in [1.29, 1.82) is 0 Å². The van der Waals surface area contributed by atoms with Gasteiger partial charge in [-0.05, 0) is 71.7 Å². The molecule has 3 nitrogen and oxygen atoms in total. The highest BCUT2D eigenvalue weighted by atomic mass is 16.5. The van der Waals surface area contributed by atoms with Crippen LogP contribution in [0.15, 0.2) is 60.7 Å². The van der Waals surface area contributed by atoms with Crippen LogP contribution in [-0.2, 0) is 11.2 Å². The summed E-state index contributed by atoms with van der Waals surface area (Å²) < 4.78 is 6.29. The Bertz CT molecular complexity index is 986. The lowest BCUT2D eigenvalue weighted by molar-refractivity contribution is -0.137. The number of rotatable bonds is 8. The fraction of sp³-hybridized carbons (Fsp3) is 0.346. The Hall–Kier alpha value is -2.81. The van der Waals surface area contributed by atoms with Crippen LogP contribution in [0.4, 0.5) is 0 Å². The lowest BCUT2D eigenvalue weighted by Gasteiger charge is -2.16. The highest BCUT2D eigenvalue weighted by molar-refractivity contribution is 5.88. The second kappa shape index (κ2) is 9.13. The Morgan fingerprint density at radius 3 is 2.55 bits per heavy atom. The second-order valence-electron chi connectivity index (χ2n) is 8.10. The molecule has 0 atom stereocenters. The van der Waals surface area contributed by atoms with Crippen molar-refractivity contribution in [2.45, 2.75) is 44.9 Å². The summed E-state index contributed by atoms with van der Waals surface area (Å²) in [4.78, 5) is 10.8. The van der Waals surface area contributed by atoms with Crippen molar-refractivity contribution < 1.29 is 14.6 Å². The molecule has 4 rings (SSSR count). The Labute approximate surface area is 172 Å². The zero-order chi connectivity index (χ0) is 20.1. The van der Waals surface area contributed by atoms with Gasteiger partial charge in [0.2, 0.25) is 0 Å². The average molecular weight is 389 g/mol. The van der Waals surface area contributed by atoms with Gasteiger partial charge in [-0.3, -0.25) is 4.79 Å². The quantitative estimate of drug-likeness (QED) is 0.480. The van der Waals surface area contributed by atoms with Crippen molar-refractivity contribution in [3.63, 3.8) is 0 Å². The van der Waals surface area contributed by atoms with Crippen LogP contribution in [0, 0.1) is 5.92 Å². The van der Waals surface area contributed by atoms with Crippen LogP contribution in [0.2, 0.25) is 0 Å². The van der Waals surface area contributed by atoms with Crippen LogP contribution in [0.5, 0.6) is 5.75 Å². The molecule has 1 N–H and O–H groups in total. The molecular weight excluding hydrogens is 360 g/mol. The molecule has 29 heavy (non-hydrogen) atoms. The van der Waals surface area contributed by atoms with Crippen LogP contribution in [0.25, 0.3) is 21.9 Å². The molecule has 0 amide bonds. The maximum Gasteiger partial charge on any atom is 0.303 e. The molecule has 0 bridgehead atoms. The predicted molar refractivity (Wildman–Crippen MR) is 117 cm³/mol. The summed E-state index contributed by atoms with van der Waals surface area (Å²) in [6, 6.07) is 21.2. The molecule has 0 radical (unpaired) electrons. The van der Waals surface area contributed by atoms with Crippen LogP contribution >= 0.6 is 0 Å². The van der Waals surface area contributed by atoms with Crippen molar-refractivity contribution in [3.8, 4) is 16.9 Å². The summed E-state index contributed by atoms with van der Waals surface area (Å²) >= 11 is 0. The number of benzene rings is 3. The summed E-state index contributed by atoms with van der Waals surface area (Å²) in [6.45, 7) is 0.777. The number of carbonyl (C=O) groups is 1. The van der Waals surface area contributed by atoms with E-state index >= 15 is 0 Å². The molecule has 3 aromatic rings. The number of ether oxygens (including phenoxy) is 1. The van der Waals surface area contributed by atoms with Crippen molar-refractivity contribution >= 4 is 16.7 Å². The minimum atomic E-state index is -0.740. The third-order valence-electron chi connectivity index (χ3n) is 5.91. The largest absolute Gasteiger partial charge is 0.493 e. The monoisotopic (exact) mass is 388 g/mol. The van der Waals surface area contributed by atoms with Crippen molar-refractivity contribution in [1.82, 2.24) is 0 Å². The third-order valence-corrected chi connectivity index (χ3v) is 5.91. The summed E-state index contributed by atoms with van der Waals surface area (Å²) in [7, 11) is 0. The molecule has 0 spiro atoms. The van der Waals surface area contributed by atoms with Gasteiger partial charge in [0.05, 0.1) is 6.61 Å². The minimum Gasteiger partial charge on any atom is -0.493 e. The van der Waals surface area contributed by atoms with E-state index in [9.17, 15) is 4.79 Å². The molecule has 0 unspecified atom stereocenters. The molecule has 0 heterocycles. The van der Waals surface area contributed by atoms with E-state index in [0.717, 1.165) is 35.5 Å². The number of fused-ring (bicyclic) bond motifs is 1. The Balaban J connectivity index is 1.62. The number of hydrogen-bond donors (Lipinski definition) is 1. The highest BCUT2D eigenvalue weighted by Gasteiger charge is 2.17. The van der Waals surface area contributed by atoms with Crippen molar-refractivity contribution in [2.75, 3.05) is 6.61 Å². The van der Waals surface area contributed by atoms with E-state index in [4.69, 9.17) is 9.84 Å². The summed E-state index contributed by atoms with van der Waals surface area (Å²) in [5, 5.41) is 11.4. The van der Waals surface area contributed by atoms with Gasteiger partial charge in [-0.2, -0.15) is 0 Å². The topological polar surface area (TPSA) is 46.5 Å². The smallest absolute Gasteiger partial charge is 0.303 e. The molecule has 0 aliphatic heterocycles. The first-order valence-corrected chi connectivity index (χ1v) is 10.7. The molecule has 1 aliphatic carbocycles. The van der Waals surface area contributed by atoms with Crippen molar-refractivity contribution in [3.05, 3.63) is 66.2 Å². The Morgan fingerprint density at radius 2 is 1.76 bits per heavy atom. The van der Waals surface area contributed by atoms with Gasteiger partial charge in [0.25, 0.3) is 0 Å². The van der Waals surface area contributed by atoms with Crippen LogP contribution in [0.1, 0.15) is 44.1 Å². The van der Waals surface area contributed by atoms with Gasteiger partial charge in [-0.1, -0.05) is 55.3 Å². The number of carboxylic acids is 1. The first-order valence-electron chi connectivity index (χ1n) is 10.7. The molecule has 0 saturated heterocycles. The van der Waals surface area contributed by atoms with Gasteiger partial charge in [-0.15, -0.1) is 0 Å². The van der Waals surface area contributed by atoms with E-state index in [1.165, 1.54) is 36.5 Å². The molecule has 3 heteroatoms. The van der Waals surface area contributed by atoms with Gasteiger partial charge >= 0.3 is 5.97 Å². The molecule has 0 aromatic heterocycles. The average Bonchev–Trinajstić information content (AvgIpc) is 3.26. The van der Waals surface area contributed by atoms with E-state index in [1.54, 1.807) is 0 Å². The SMILES string of the molecule is O=C(O)CCCc1ccc(OCC2CCCC2)c(-c2ccc3ccccc3c2)c1. The Kier molecular flexibility index (Phi) is 6.14. The second-order valence-corrected chi connectivity index (χ2v) is 8.10. The van der Waals surface area contributed by atoms with Gasteiger partial charge in [0.1, 0.15) is 5.75 Å². The van der Waals surface area contributed by atoms with Crippen molar-refractivity contribution in [2.24, 2.45) is 5.92 Å². The molecular formula is C26H28O3.